The summed E-state index contributed by atoms with van der Waals surface area (Å²) in [5.74, 6) is 0.970. The molecule has 0 unspecified atom stereocenters. The molecule has 1 N–H and O–H groups in total. The van der Waals surface area contributed by atoms with Crippen LogP contribution in [0.25, 0.3) is 5.69 Å². The zero-order valence-electron chi connectivity index (χ0n) is 13.6. The van der Waals surface area contributed by atoms with Gasteiger partial charge < -0.3 is 5.32 Å². The van der Waals surface area contributed by atoms with Gasteiger partial charge in [0.25, 0.3) is 0 Å². The quantitative estimate of drug-likeness (QED) is 0.817. The van der Waals surface area contributed by atoms with Gasteiger partial charge in [0.1, 0.15) is 0 Å². The van der Waals surface area contributed by atoms with Crippen LogP contribution in [0, 0.1) is 13.8 Å². The van der Waals surface area contributed by atoms with Gasteiger partial charge in [0.2, 0.25) is 5.91 Å². The summed E-state index contributed by atoms with van der Waals surface area (Å²) in [7, 11) is -1.20. The number of carbonyl (C=O) groups excluding carboxylic acids is 1. The third kappa shape index (κ3) is 4.44. The van der Waals surface area contributed by atoms with Gasteiger partial charge in [0.15, 0.2) is 5.82 Å². The first-order valence-corrected chi connectivity index (χ1v) is 8.97. The largest absolute Gasteiger partial charge is 0.356 e. The molecule has 8 heteroatoms. The molecule has 0 aliphatic carbocycles. The van der Waals surface area contributed by atoms with E-state index in [4.69, 9.17) is 0 Å². The fourth-order valence-electron chi connectivity index (χ4n) is 2.32. The molecule has 0 radical (unpaired) electrons. The van der Waals surface area contributed by atoms with E-state index in [-0.39, 0.29) is 18.1 Å². The molecule has 0 bridgehead atoms. The number of aryl methyl sites for hydroxylation is 2. The number of amides is 1. The van der Waals surface area contributed by atoms with E-state index in [2.05, 4.69) is 20.8 Å². The first kappa shape index (κ1) is 17.3. The summed E-state index contributed by atoms with van der Waals surface area (Å²) >= 11 is 0. The fourth-order valence-corrected chi connectivity index (χ4v) is 3.34. The third-order valence-corrected chi connectivity index (χ3v) is 4.65. The number of hydrogen-bond donors (Lipinski definition) is 1. The zero-order chi connectivity index (χ0) is 16.8. The topological polar surface area (TPSA) is 89.8 Å². The highest BCUT2D eigenvalue weighted by Gasteiger charge is 2.15. The second kappa shape index (κ2) is 7.96. The highest BCUT2D eigenvalue weighted by Crippen LogP contribution is 2.19. The molecular weight excluding hydrogens is 314 g/mol. The van der Waals surface area contributed by atoms with Crippen molar-refractivity contribution in [1.29, 1.82) is 0 Å². The van der Waals surface area contributed by atoms with E-state index in [1.807, 2.05) is 39.0 Å². The molecule has 1 heterocycles. The van der Waals surface area contributed by atoms with Crippen molar-refractivity contribution >= 4 is 16.7 Å². The highest BCUT2D eigenvalue weighted by molar-refractivity contribution is 7.84. The second-order valence-corrected chi connectivity index (χ2v) is 6.82. The summed E-state index contributed by atoms with van der Waals surface area (Å²) < 4.78 is 13.8. The van der Waals surface area contributed by atoms with Crippen molar-refractivity contribution in [2.24, 2.45) is 0 Å². The molecule has 1 aromatic heterocycles. The first-order chi connectivity index (χ1) is 11.0. The maximum atomic E-state index is 12.2. The van der Waals surface area contributed by atoms with Gasteiger partial charge in [-0.1, -0.05) is 18.2 Å². The van der Waals surface area contributed by atoms with Crippen LogP contribution in [0.5, 0.6) is 0 Å². The molecular formula is C15H21N5O2S. The minimum Gasteiger partial charge on any atom is -0.356 e. The second-order valence-electron chi connectivity index (χ2n) is 5.24. The van der Waals surface area contributed by atoms with Gasteiger partial charge in [-0.2, -0.15) is 4.68 Å². The molecule has 0 fully saturated rings. The number of carbonyl (C=O) groups is 1. The maximum absolute atomic E-state index is 12.2. The summed E-state index contributed by atoms with van der Waals surface area (Å²) in [4.78, 5) is 11.4. The summed E-state index contributed by atoms with van der Waals surface area (Å²) in [5, 5.41) is 14.4. The minimum absolute atomic E-state index is 0.0878. The number of nitrogens with zero attached hydrogens (tertiary/aromatic N) is 4. The summed E-state index contributed by atoms with van der Waals surface area (Å²) in [6, 6.07) is 5.95. The van der Waals surface area contributed by atoms with E-state index < -0.39 is 10.8 Å². The predicted octanol–water partition coefficient (Wildman–Crippen LogP) is 1.05. The number of rotatable bonds is 7. The molecule has 1 aromatic carbocycles. The van der Waals surface area contributed by atoms with Crippen molar-refractivity contribution in [1.82, 2.24) is 25.5 Å². The van der Waals surface area contributed by atoms with Crippen LogP contribution in [-0.2, 0) is 21.3 Å². The predicted molar refractivity (Wildman–Crippen MR) is 88.6 cm³/mol. The maximum Gasteiger partial charge on any atom is 0.220 e. The van der Waals surface area contributed by atoms with Gasteiger partial charge in [0, 0.05) is 29.5 Å². The number of aromatic nitrogens is 4. The number of nitrogens with one attached hydrogen (secondary N) is 1. The first-order valence-electron chi connectivity index (χ1n) is 7.48. The summed E-state index contributed by atoms with van der Waals surface area (Å²) in [5.41, 5.74) is 3.01. The monoisotopic (exact) mass is 335 g/mol. The van der Waals surface area contributed by atoms with E-state index in [1.165, 1.54) is 0 Å². The average molecular weight is 335 g/mol. The Morgan fingerprint density at radius 2 is 2.00 bits per heavy atom. The minimum atomic E-state index is -1.20. The molecule has 1 atom stereocenters. The van der Waals surface area contributed by atoms with Crippen molar-refractivity contribution < 1.29 is 9.00 Å². The van der Waals surface area contributed by atoms with Crippen molar-refractivity contribution in [2.45, 2.75) is 32.9 Å². The van der Waals surface area contributed by atoms with Crippen LogP contribution in [0.4, 0.5) is 0 Å². The molecule has 7 nitrogen and oxygen atoms in total. The Bertz CT molecular complexity index is 693. The molecule has 1 amide bonds. The Hall–Kier alpha value is -2.09. The fraction of sp³-hybridized carbons (Fsp3) is 0.467. The molecule has 0 spiro atoms. The Labute approximate surface area is 137 Å². The van der Waals surface area contributed by atoms with Crippen LogP contribution < -0.4 is 5.32 Å². The Kier molecular flexibility index (Phi) is 5.97. The van der Waals surface area contributed by atoms with Crippen LogP contribution in [0.1, 0.15) is 30.3 Å². The van der Waals surface area contributed by atoms with Crippen LogP contribution in [0.15, 0.2) is 18.2 Å². The van der Waals surface area contributed by atoms with Crippen molar-refractivity contribution in [2.75, 3.05) is 12.3 Å². The van der Waals surface area contributed by atoms with Crippen LogP contribution >= 0.6 is 0 Å². The lowest BCUT2D eigenvalue weighted by atomic mass is 10.1. The lowest BCUT2D eigenvalue weighted by Gasteiger charge is -2.10. The molecule has 0 saturated heterocycles. The number of tetrazole rings is 1. The Morgan fingerprint density at radius 3 is 2.65 bits per heavy atom. The Morgan fingerprint density at radius 1 is 1.30 bits per heavy atom. The van der Waals surface area contributed by atoms with Crippen molar-refractivity contribution in [3.8, 4) is 5.69 Å². The lowest BCUT2D eigenvalue weighted by molar-refractivity contribution is -0.120. The van der Waals surface area contributed by atoms with Crippen molar-refractivity contribution in [3.63, 3.8) is 0 Å². The van der Waals surface area contributed by atoms with Crippen LogP contribution in [0.2, 0.25) is 0 Å². The van der Waals surface area contributed by atoms with Gasteiger partial charge in [0.05, 0.1) is 11.4 Å². The van der Waals surface area contributed by atoms with Crippen molar-refractivity contribution in [3.05, 3.63) is 35.2 Å². The summed E-state index contributed by atoms with van der Waals surface area (Å²) in [6.07, 6.45) is 0.241. The SMILES string of the molecule is CCNC(=O)CC[S@@](=O)Cc1nnnn1-c1c(C)cccc1C. The molecule has 2 aromatic rings. The smallest absolute Gasteiger partial charge is 0.220 e. The van der Waals surface area contributed by atoms with Crippen LogP contribution in [-0.4, -0.2) is 42.6 Å². The van der Waals surface area contributed by atoms with Gasteiger partial charge in [-0.3, -0.25) is 9.00 Å². The van der Waals surface area contributed by atoms with Gasteiger partial charge in [-0.15, -0.1) is 5.10 Å². The summed E-state index contributed by atoms with van der Waals surface area (Å²) in [6.45, 7) is 6.41. The molecule has 0 aliphatic heterocycles. The molecule has 23 heavy (non-hydrogen) atoms. The average Bonchev–Trinajstić information content (AvgIpc) is 2.93. The van der Waals surface area contributed by atoms with E-state index in [0.29, 0.717) is 18.1 Å². The van der Waals surface area contributed by atoms with E-state index in [0.717, 1.165) is 16.8 Å². The third-order valence-electron chi connectivity index (χ3n) is 3.41. The standard InChI is InChI=1S/C15H21N5O2S/c1-4-16-14(21)8-9-23(22)10-13-17-18-19-20(13)15-11(2)6-5-7-12(15)3/h5-7H,4,8-10H2,1-3H3,(H,16,21)/t23-/m1/s1. The number of hydrogen-bond acceptors (Lipinski definition) is 5. The lowest BCUT2D eigenvalue weighted by Crippen LogP contribution is -2.24. The molecule has 2 rings (SSSR count). The van der Waals surface area contributed by atoms with Gasteiger partial charge in [-0.05, 0) is 42.3 Å². The highest BCUT2D eigenvalue weighted by atomic mass is 32.2. The molecule has 0 saturated carbocycles. The van der Waals surface area contributed by atoms with E-state index >= 15 is 0 Å². The van der Waals surface area contributed by atoms with E-state index in [1.54, 1.807) is 4.68 Å². The molecule has 0 aliphatic rings. The van der Waals surface area contributed by atoms with Crippen LogP contribution in [0.3, 0.4) is 0 Å². The zero-order valence-corrected chi connectivity index (χ0v) is 14.4. The van der Waals surface area contributed by atoms with Gasteiger partial charge >= 0.3 is 0 Å². The molecule has 124 valence electrons. The Balaban J connectivity index is 2.10. The normalized spacial score (nSPS) is 12.1. The number of para-hydroxylation sites is 1. The number of benzene rings is 1. The van der Waals surface area contributed by atoms with Gasteiger partial charge in [-0.25, -0.2) is 0 Å². The van der Waals surface area contributed by atoms with E-state index in [9.17, 15) is 9.00 Å².